The highest BCUT2D eigenvalue weighted by atomic mass is 16.5. The molecule has 0 amide bonds. The van der Waals surface area contributed by atoms with Gasteiger partial charge in [0.1, 0.15) is 0 Å². The van der Waals surface area contributed by atoms with Gasteiger partial charge in [0.15, 0.2) is 0 Å². The third kappa shape index (κ3) is 3.80. The van der Waals surface area contributed by atoms with E-state index in [1.807, 2.05) is 0 Å². The molecule has 0 spiro atoms. The summed E-state index contributed by atoms with van der Waals surface area (Å²) in [6, 6.07) is 0. The molecule has 0 heterocycles. The lowest BCUT2D eigenvalue weighted by atomic mass is 9.82. The van der Waals surface area contributed by atoms with Gasteiger partial charge in [-0.05, 0) is 96.3 Å². The Morgan fingerprint density at radius 3 is 1.66 bits per heavy atom. The van der Waals surface area contributed by atoms with Crippen LogP contribution < -0.4 is 0 Å². The molecule has 4 atom stereocenters. The Morgan fingerprint density at radius 1 is 0.828 bits per heavy atom. The van der Waals surface area contributed by atoms with Crippen LogP contribution in [0.25, 0.3) is 0 Å². The van der Waals surface area contributed by atoms with Gasteiger partial charge in [-0.2, -0.15) is 0 Å². The molecule has 4 bridgehead atoms. The van der Waals surface area contributed by atoms with E-state index >= 15 is 0 Å². The average Bonchev–Trinajstić information content (AvgIpc) is 3.51. The number of fused-ring (bicyclic) bond motifs is 4. The van der Waals surface area contributed by atoms with Gasteiger partial charge >= 0.3 is 11.9 Å². The summed E-state index contributed by atoms with van der Waals surface area (Å²) >= 11 is 0. The molecule has 4 unspecified atom stereocenters. The van der Waals surface area contributed by atoms with Gasteiger partial charge in [0.25, 0.3) is 0 Å². The molecule has 0 aromatic heterocycles. The van der Waals surface area contributed by atoms with E-state index in [4.69, 9.17) is 9.47 Å². The second kappa shape index (κ2) is 8.28. The van der Waals surface area contributed by atoms with Gasteiger partial charge < -0.3 is 9.47 Å². The number of allylic oxidation sites excluding steroid dienone is 4. The zero-order chi connectivity index (χ0) is 20.5. The maximum Gasteiger partial charge on any atom is 0.312 e. The second-order valence-electron chi connectivity index (χ2n) is 9.85. The Bertz CT molecular complexity index is 660. The van der Waals surface area contributed by atoms with Gasteiger partial charge in [0.05, 0.1) is 24.0 Å². The van der Waals surface area contributed by atoms with Crippen molar-refractivity contribution < 1.29 is 19.1 Å². The van der Waals surface area contributed by atoms with Gasteiger partial charge in [0.2, 0.25) is 0 Å². The van der Waals surface area contributed by atoms with Gasteiger partial charge in [-0.15, -0.1) is 0 Å². The van der Waals surface area contributed by atoms with E-state index < -0.39 is 0 Å². The summed E-state index contributed by atoms with van der Waals surface area (Å²) in [6.07, 6.45) is 15.0. The van der Waals surface area contributed by atoms with Crippen molar-refractivity contribution in [1.82, 2.24) is 0 Å². The quantitative estimate of drug-likeness (QED) is 0.306. The molecule has 4 fully saturated rings. The summed E-state index contributed by atoms with van der Waals surface area (Å²) < 4.78 is 11.3. The topological polar surface area (TPSA) is 52.6 Å². The van der Waals surface area contributed by atoms with Crippen LogP contribution >= 0.6 is 0 Å². The Balaban J connectivity index is 1.10. The summed E-state index contributed by atoms with van der Waals surface area (Å²) in [5.41, 5.74) is 2.44. The predicted octanol–water partition coefficient (Wildman–Crippen LogP) is 5.52. The van der Waals surface area contributed by atoms with Crippen molar-refractivity contribution in [2.45, 2.75) is 84.5 Å². The molecule has 0 aliphatic heterocycles. The molecule has 29 heavy (non-hydrogen) atoms. The van der Waals surface area contributed by atoms with Crippen LogP contribution in [-0.2, 0) is 19.1 Å². The molecule has 4 nitrogen and oxygen atoms in total. The maximum atomic E-state index is 12.6. The zero-order valence-electron chi connectivity index (χ0n) is 18.1. The molecule has 0 aromatic carbocycles. The maximum absolute atomic E-state index is 12.6. The predicted molar refractivity (Wildman–Crippen MR) is 112 cm³/mol. The van der Waals surface area contributed by atoms with Crippen LogP contribution in [0.5, 0.6) is 0 Å². The summed E-state index contributed by atoms with van der Waals surface area (Å²) in [7, 11) is 0. The van der Waals surface area contributed by atoms with Crippen molar-refractivity contribution in [2.24, 2.45) is 22.7 Å². The van der Waals surface area contributed by atoms with E-state index in [-0.39, 0.29) is 22.8 Å². The third-order valence-corrected chi connectivity index (χ3v) is 8.21. The first-order valence-corrected chi connectivity index (χ1v) is 11.7. The minimum atomic E-state index is -0.229. The highest BCUT2D eigenvalue weighted by Crippen LogP contribution is 2.58. The molecule has 0 radical (unpaired) electrons. The average molecular weight is 401 g/mol. The fourth-order valence-corrected chi connectivity index (χ4v) is 6.48. The van der Waals surface area contributed by atoms with Gasteiger partial charge in [0, 0.05) is 0 Å². The number of carbonyl (C=O) groups excluding carboxylic acids is 2. The fourth-order valence-electron chi connectivity index (χ4n) is 6.48. The number of esters is 2. The summed E-state index contributed by atoms with van der Waals surface area (Å²) in [5.74, 6) is 1.25. The van der Waals surface area contributed by atoms with Crippen molar-refractivity contribution >= 4 is 11.9 Å². The fraction of sp³-hybridized carbons (Fsp3) is 0.760. The van der Waals surface area contributed by atoms with Crippen molar-refractivity contribution in [3.05, 3.63) is 23.3 Å². The van der Waals surface area contributed by atoms with Gasteiger partial charge in [-0.1, -0.05) is 23.3 Å². The molecule has 4 saturated carbocycles. The lowest BCUT2D eigenvalue weighted by Gasteiger charge is -2.25. The highest BCUT2D eigenvalue weighted by Gasteiger charge is 2.54. The molecule has 4 rings (SSSR count). The number of hydrogen-bond donors (Lipinski definition) is 0. The molecule has 4 heteroatoms. The van der Waals surface area contributed by atoms with Crippen LogP contribution in [-0.4, -0.2) is 25.2 Å². The summed E-state index contributed by atoms with van der Waals surface area (Å²) in [4.78, 5) is 25.2. The monoisotopic (exact) mass is 400 g/mol. The van der Waals surface area contributed by atoms with E-state index in [9.17, 15) is 9.59 Å². The smallest absolute Gasteiger partial charge is 0.312 e. The van der Waals surface area contributed by atoms with E-state index in [2.05, 4.69) is 26.0 Å². The first-order chi connectivity index (χ1) is 14.0. The Hall–Kier alpha value is -1.58. The van der Waals surface area contributed by atoms with E-state index in [0.29, 0.717) is 25.0 Å². The third-order valence-electron chi connectivity index (χ3n) is 8.21. The van der Waals surface area contributed by atoms with Crippen LogP contribution in [0, 0.1) is 22.7 Å². The van der Waals surface area contributed by atoms with Crippen molar-refractivity contribution in [2.75, 3.05) is 13.2 Å². The number of carbonyl (C=O) groups is 2. The van der Waals surface area contributed by atoms with Gasteiger partial charge in [-0.25, -0.2) is 0 Å². The standard InChI is InChI=1S/C25H36O4/c1-3-18-14-24(10-8-20(18)16-24)22(26)28-12-6-5-7-13-29-23(27)25-11-9-21(17-25)19(4-2)15-25/h3-4,20-21H,5-17H2,1-2H3. The molecule has 160 valence electrons. The lowest BCUT2D eigenvalue weighted by molar-refractivity contribution is -0.155. The van der Waals surface area contributed by atoms with Crippen molar-refractivity contribution in [1.29, 1.82) is 0 Å². The largest absolute Gasteiger partial charge is 0.465 e. The van der Waals surface area contributed by atoms with Crippen LogP contribution in [0.2, 0.25) is 0 Å². The summed E-state index contributed by atoms with van der Waals surface area (Å²) in [6.45, 7) is 5.14. The first-order valence-electron chi connectivity index (χ1n) is 11.7. The minimum Gasteiger partial charge on any atom is -0.465 e. The van der Waals surface area contributed by atoms with Crippen LogP contribution in [0.3, 0.4) is 0 Å². The van der Waals surface area contributed by atoms with Crippen molar-refractivity contribution in [3.63, 3.8) is 0 Å². The van der Waals surface area contributed by atoms with Crippen LogP contribution in [0.4, 0.5) is 0 Å². The van der Waals surface area contributed by atoms with Crippen LogP contribution in [0.1, 0.15) is 84.5 Å². The SMILES string of the molecule is CC=C1CC2(C(=O)OCCCCCOC(=O)C34CCC(C3)C(=CC)C4)CCC1C2. The molecule has 0 aromatic rings. The van der Waals surface area contributed by atoms with E-state index in [1.165, 1.54) is 11.1 Å². The normalized spacial score (nSPS) is 37.6. The first kappa shape index (κ1) is 20.7. The van der Waals surface area contributed by atoms with Gasteiger partial charge in [-0.3, -0.25) is 9.59 Å². The Kier molecular flexibility index (Phi) is 5.90. The summed E-state index contributed by atoms with van der Waals surface area (Å²) in [5, 5.41) is 0. The molecular weight excluding hydrogens is 364 g/mol. The molecule has 0 saturated heterocycles. The van der Waals surface area contributed by atoms with E-state index in [1.54, 1.807) is 0 Å². The number of hydrogen-bond acceptors (Lipinski definition) is 4. The second-order valence-corrected chi connectivity index (χ2v) is 9.85. The Labute approximate surface area is 175 Å². The number of ether oxygens (including phenoxy) is 2. The zero-order valence-corrected chi connectivity index (χ0v) is 18.1. The Morgan fingerprint density at radius 2 is 1.28 bits per heavy atom. The molecule has 4 aliphatic carbocycles. The number of unbranched alkanes of at least 4 members (excludes halogenated alkanes) is 2. The minimum absolute atomic E-state index is 0.0131. The molecule has 4 aliphatic rings. The molecular formula is C25H36O4. The molecule has 0 N–H and O–H groups in total. The number of rotatable bonds is 8. The van der Waals surface area contributed by atoms with Crippen LogP contribution in [0.15, 0.2) is 23.3 Å². The highest BCUT2D eigenvalue weighted by molar-refractivity contribution is 5.79. The van der Waals surface area contributed by atoms with E-state index in [0.717, 1.165) is 70.6 Å². The lowest BCUT2D eigenvalue weighted by Crippen LogP contribution is -2.29. The van der Waals surface area contributed by atoms with Crippen molar-refractivity contribution in [3.8, 4) is 0 Å².